The summed E-state index contributed by atoms with van der Waals surface area (Å²) in [4.78, 5) is 0.239. The van der Waals surface area contributed by atoms with E-state index in [-0.39, 0.29) is 11.0 Å². The van der Waals surface area contributed by atoms with Crippen molar-refractivity contribution in [2.75, 3.05) is 19.7 Å². The lowest BCUT2D eigenvalue weighted by Crippen LogP contribution is -2.43. The quantitative estimate of drug-likeness (QED) is 0.803. The van der Waals surface area contributed by atoms with Crippen molar-refractivity contribution in [2.24, 2.45) is 0 Å². The first kappa shape index (κ1) is 16.0. The lowest BCUT2D eigenvalue weighted by Gasteiger charge is -2.31. The van der Waals surface area contributed by atoms with E-state index in [1.165, 1.54) is 15.3 Å². The van der Waals surface area contributed by atoms with Gasteiger partial charge in [-0.3, -0.25) is 0 Å². The fourth-order valence-electron chi connectivity index (χ4n) is 2.71. The minimum atomic E-state index is -3.56. The molecule has 124 valence electrons. The SMILES string of the molecule is CCO[C@H]1CCCN(S(=O)(=O)c2cccc(-n3cnnn3)c2)C1. The lowest BCUT2D eigenvalue weighted by atomic mass is 10.1. The van der Waals surface area contributed by atoms with Crippen molar-refractivity contribution in [1.82, 2.24) is 24.5 Å². The highest BCUT2D eigenvalue weighted by Crippen LogP contribution is 2.23. The molecular formula is C14H19N5O3S. The minimum Gasteiger partial charge on any atom is -0.377 e. The summed E-state index contributed by atoms with van der Waals surface area (Å²) in [5.74, 6) is 0. The molecule has 1 fully saturated rings. The van der Waals surface area contributed by atoms with Crippen LogP contribution in [0.15, 0.2) is 35.5 Å². The maximum atomic E-state index is 12.9. The number of nitrogens with zero attached hydrogens (tertiary/aromatic N) is 5. The molecule has 8 nitrogen and oxygen atoms in total. The van der Waals surface area contributed by atoms with Crippen molar-refractivity contribution in [3.8, 4) is 5.69 Å². The number of hydrogen-bond acceptors (Lipinski definition) is 6. The summed E-state index contributed by atoms with van der Waals surface area (Å²) >= 11 is 0. The Bertz CT molecular complexity index is 746. The molecule has 1 aromatic carbocycles. The maximum absolute atomic E-state index is 12.9. The van der Waals surface area contributed by atoms with E-state index in [2.05, 4.69) is 15.5 Å². The highest BCUT2D eigenvalue weighted by Gasteiger charge is 2.30. The van der Waals surface area contributed by atoms with Crippen LogP contribution in [0.2, 0.25) is 0 Å². The van der Waals surface area contributed by atoms with Crippen molar-refractivity contribution in [3.63, 3.8) is 0 Å². The summed E-state index contributed by atoms with van der Waals surface area (Å²) in [6, 6.07) is 6.62. The third-order valence-electron chi connectivity index (χ3n) is 3.81. The van der Waals surface area contributed by atoms with Crippen LogP contribution in [0.1, 0.15) is 19.8 Å². The Morgan fingerprint density at radius 2 is 2.26 bits per heavy atom. The van der Waals surface area contributed by atoms with Crippen LogP contribution in [0.5, 0.6) is 0 Å². The van der Waals surface area contributed by atoms with Crippen LogP contribution in [0, 0.1) is 0 Å². The first-order valence-electron chi connectivity index (χ1n) is 7.56. The Kier molecular flexibility index (Phi) is 4.69. The first-order chi connectivity index (χ1) is 11.1. The molecule has 2 aromatic rings. The molecule has 1 saturated heterocycles. The van der Waals surface area contributed by atoms with Crippen LogP contribution in [0.4, 0.5) is 0 Å². The fraction of sp³-hybridized carbons (Fsp3) is 0.500. The molecule has 0 aliphatic carbocycles. The minimum absolute atomic E-state index is 0.0359. The van der Waals surface area contributed by atoms with E-state index in [1.807, 2.05) is 6.92 Å². The number of ether oxygens (including phenoxy) is 1. The molecule has 0 N–H and O–H groups in total. The van der Waals surface area contributed by atoms with Crippen molar-refractivity contribution in [2.45, 2.75) is 30.8 Å². The van der Waals surface area contributed by atoms with E-state index < -0.39 is 10.0 Å². The molecule has 0 saturated carbocycles. The second-order valence-corrected chi connectivity index (χ2v) is 7.27. The Balaban J connectivity index is 1.86. The fourth-order valence-corrected chi connectivity index (χ4v) is 4.26. The average Bonchev–Trinajstić information content (AvgIpc) is 3.10. The predicted octanol–water partition coefficient (Wildman–Crippen LogP) is 0.852. The zero-order chi connectivity index (χ0) is 16.3. The lowest BCUT2D eigenvalue weighted by molar-refractivity contribution is 0.0265. The number of piperidine rings is 1. The zero-order valence-electron chi connectivity index (χ0n) is 12.9. The monoisotopic (exact) mass is 337 g/mol. The van der Waals surface area contributed by atoms with E-state index in [0.29, 0.717) is 25.4 Å². The van der Waals surface area contributed by atoms with Crippen molar-refractivity contribution in [3.05, 3.63) is 30.6 Å². The van der Waals surface area contributed by atoms with Gasteiger partial charge in [-0.2, -0.15) is 4.31 Å². The molecule has 0 unspecified atom stereocenters. The van der Waals surface area contributed by atoms with Crippen molar-refractivity contribution < 1.29 is 13.2 Å². The van der Waals surface area contributed by atoms with Crippen molar-refractivity contribution in [1.29, 1.82) is 0 Å². The van der Waals surface area contributed by atoms with E-state index in [4.69, 9.17) is 4.74 Å². The molecule has 23 heavy (non-hydrogen) atoms. The third-order valence-corrected chi connectivity index (χ3v) is 5.67. The number of benzene rings is 1. The number of sulfonamides is 1. The van der Waals surface area contributed by atoms with E-state index in [1.54, 1.807) is 24.3 Å². The van der Waals surface area contributed by atoms with Gasteiger partial charge in [-0.05, 0) is 48.4 Å². The maximum Gasteiger partial charge on any atom is 0.243 e. The molecule has 0 bridgehead atoms. The highest BCUT2D eigenvalue weighted by molar-refractivity contribution is 7.89. The van der Waals surface area contributed by atoms with Gasteiger partial charge < -0.3 is 4.74 Å². The predicted molar refractivity (Wildman–Crippen MR) is 82.6 cm³/mol. The molecule has 1 aromatic heterocycles. The largest absolute Gasteiger partial charge is 0.377 e. The second-order valence-electron chi connectivity index (χ2n) is 5.33. The smallest absolute Gasteiger partial charge is 0.243 e. The van der Waals surface area contributed by atoms with Crippen LogP contribution in [0.3, 0.4) is 0 Å². The van der Waals surface area contributed by atoms with E-state index in [9.17, 15) is 8.42 Å². The van der Waals surface area contributed by atoms with Crippen LogP contribution in [0.25, 0.3) is 5.69 Å². The summed E-state index contributed by atoms with van der Waals surface area (Å²) in [5.41, 5.74) is 0.606. The van der Waals surface area contributed by atoms with Gasteiger partial charge in [-0.1, -0.05) is 6.07 Å². The van der Waals surface area contributed by atoms with Gasteiger partial charge in [0.2, 0.25) is 10.0 Å². The molecule has 0 spiro atoms. The molecule has 1 aliphatic heterocycles. The van der Waals surface area contributed by atoms with Gasteiger partial charge in [0.25, 0.3) is 0 Å². The summed E-state index contributed by atoms with van der Waals surface area (Å²) in [6.07, 6.45) is 3.09. The molecule has 3 rings (SSSR count). The van der Waals surface area contributed by atoms with Gasteiger partial charge in [-0.25, -0.2) is 13.1 Å². The van der Waals surface area contributed by atoms with Crippen LogP contribution < -0.4 is 0 Å². The summed E-state index contributed by atoms with van der Waals surface area (Å²) in [5, 5.41) is 10.9. The normalized spacial score (nSPS) is 19.8. The Hall–Kier alpha value is -1.84. The summed E-state index contributed by atoms with van der Waals surface area (Å²) in [6.45, 7) is 3.42. The van der Waals surface area contributed by atoms with Gasteiger partial charge >= 0.3 is 0 Å². The van der Waals surface area contributed by atoms with Crippen LogP contribution >= 0.6 is 0 Å². The third kappa shape index (κ3) is 3.41. The molecule has 1 aliphatic rings. The van der Waals surface area contributed by atoms with Gasteiger partial charge in [0.15, 0.2) is 0 Å². The van der Waals surface area contributed by atoms with Crippen LogP contribution in [-0.4, -0.2) is 58.7 Å². The van der Waals surface area contributed by atoms with Gasteiger partial charge in [-0.15, -0.1) is 5.10 Å². The second kappa shape index (κ2) is 6.73. The molecule has 2 heterocycles. The van der Waals surface area contributed by atoms with Crippen LogP contribution in [-0.2, 0) is 14.8 Å². The molecule has 0 amide bonds. The molecular weight excluding hydrogens is 318 g/mol. The van der Waals surface area contributed by atoms with E-state index in [0.717, 1.165) is 12.8 Å². The Morgan fingerprint density at radius 1 is 1.39 bits per heavy atom. The van der Waals surface area contributed by atoms with Gasteiger partial charge in [0, 0.05) is 19.7 Å². The molecule has 0 radical (unpaired) electrons. The standard InChI is InChI=1S/C14H19N5O3S/c1-2-22-13-6-4-8-18(10-13)23(20,21)14-7-3-5-12(9-14)19-11-15-16-17-19/h3,5,7,9,11,13H,2,4,6,8,10H2,1H3/t13-/m0/s1. The Morgan fingerprint density at radius 3 is 3.00 bits per heavy atom. The topological polar surface area (TPSA) is 90.2 Å². The van der Waals surface area contributed by atoms with Gasteiger partial charge in [0.05, 0.1) is 16.7 Å². The summed E-state index contributed by atoms with van der Waals surface area (Å²) < 4.78 is 34.3. The zero-order valence-corrected chi connectivity index (χ0v) is 13.7. The average molecular weight is 337 g/mol. The highest BCUT2D eigenvalue weighted by atomic mass is 32.2. The number of aromatic nitrogens is 4. The summed E-state index contributed by atoms with van der Waals surface area (Å²) in [7, 11) is -3.56. The number of rotatable bonds is 5. The first-order valence-corrected chi connectivity index (χ1v) is 9.00. The van der Waals surface area contributed by atoms with Crippen molar-refractivity contribution >= 4 is 10.0 Å². The number of hydrogen-bond donors (Lipinski definition) is 0. The number of tetrazole rings is 1. The Labute approximate surface area is 135 Å². The van der Waals surface area contributed by atoms with E-state index >= 15 is 0 Å². The molecule has 9 heteroatoms. The molecule has 1 atom stereocenters. The van der Waals surface area contributed by atoms with Gasteiger partial charge in [0.1, 0.15) is 6.33 Å².